The quantitative estimate of drug-likeness (QED) is 0.377. The number of hydrogen-bond donors (Lipinski definition) is 2. The van der Waals surface area contributed by atoms with Gasteiger partial charge in [0.1, 0.15) is 0 Å². The van der Waals surface area contributed by atoms with E-state index in [1.165, 1.54) is 0 Å². The average Bonchev–Trinajstić information content (AvgIpc) is 1.41. The molecule has 0 aromatic heterocycles. The Balaban J connectivity index is 0. The lowest BCUT2D eigenvalue weighted by Crippen LogP contribution is -2.30. The fraction of sp³-hybridized carbons (Fsp3) is 0. The van der Waals surface area contributed by atoms with E-state index in [1.54, 1.807) is 0 Å². The van der Waals surface area contributed by atoms with Gasteiger partial charge in [0.25, 0.3) is 10.8 Å². The largest absolute Gasteiger partial charge is 0.321 e. The lowest BCUT2D eigenvalue weighted by molar-refractivity contribution is -1.63. The Bertz CT molecular complexity index is 10.3. The molecule has 0 heterocycles. The number of rotatable bonds is 0. The smallest absolute Gasteiger partial charge is 0.282 e. The van der Waals surface area contributed by atoms with Gasteiger partial charge in [0.05, 0.1) is 11.9 Å². The van der Waals surface area contributed by atoms with Gasteiger partial charge in [-0.2, -0.15) is 0 Å². The number of halogens is 2. The molecular formula is H2Cl2O4. The lowest BCUT2D eigenvalue weighted by atomic mass is 15.8. The third-order valence-electron chi connectivity index (χ3n) is 0. The monoisotopic (exact) mass is 136 g/mol. The molecule has 0 bridgehead atoms. The van der Waals surface area contributed by atoms with Crippen molar-refractivity contribution in [3.8, 4) is 0 Å². The van der Waals surface area contributed by atoms with Crippen LogP contribution in [-0.2, 0) is 0 Å². The lowest BCUT2D eigenvalue weighted by Gasteiger charge is -1.72. The summed E-state index contributed by atoms with van der Waals surface area (Å²) in [6, 6.07) is 0. The second kappa shape index (κ2) is 9.05. The summed E-state index contributed by atoms with van der Waals surface area (Å²) in [4.78, 5) is 0. The minimum atomic E-state index is -2.60. The first-order valence-corrected chi connectivity index (χ1v) is 1.94. The predicted molar refractivity (Wildman–Crippen MR) is 10.3 cm³/mol. The molecule has 0 fully saturated rings. The second-order valence-electron chi connectivity index (χ2n) is 0.201. The standard InChI is InChI=1S/ClHO3.ClHO/c2-1(3)4;1-2/h2H;2H. The fourth-order valence-corrected chi connectivity index (χ4v) is 0. The van der Waals surface area contributed by atoms with Crippen LogP contribution >= 0.6 is 11.9 Å². The molecule has 0 unspecified atom stereocenters. The van der Waals surface area contributed by atoms with Crippen molar-refractivity contribution in [3.05, 3.63) is 0 Å². The average molecular weight is 137 g/mol. The van der Waals surface area contributed by atoms with E-state index in [4.69, 9.17) is 18.6 Å². The molecule has 0 aromatic rings. The fourth-order valence-electron chi connectivity index (χ4n) is 0. The summed E-state index contributed by atoms with van der Waals surface area (Å²) >= 11 is 3.64. The van der Waals surface area contributed by atoms with E-state index in [2.05, 4.69) is 11.9 Å². The topological polar surface area (TPSA) is 86.6 Å². The Kier molecular flexibility index (Phi) is 14.6. The van der Waals surface area contributed by atoms with E-state index >= 15 is 0 Å². The molecule has 0 amide bonds. The molecule has 0 radical (unpaired) electrons. The normalized spacial score (nSPS) is 7.00. The van der Waals surface area contributed by atoms with Crippen LogP contribution in [0.2, 0.25) is 0 Å². The summed E-state index contributed by atoms with van der Waals surface area (Å²) in [6.07, 6.45) is 0. The highest BCUT2D eigenvalue weighted by molar-refractivity contribution is 6.04. The first kappa shape index (κ1) is 9.65. The first-order chi connectivity index (χ1) is 2.73. The summed E-state index contributed by atoms with van der Waals surface area (Å²) in [5.41, 5.74) is 0. The zero-order chi connectivity index (χ0) is 5.58. The van der Waals surface area contributed by atoms with Gasteiger partial charge in [0.2, 0.25) is 0 Å². The van der Waals surface area contributed by atoms with E-state index in [0.29, 0.717) is 0 Å². The third kappa shape index (κ3) is 293. The van der Waals surface area contributed by atoms with Crippen molar-refractivity contribution in [1.29, 1.82) is 0 Å². The third-order valence-corrected chi connectivity index (χ3v) is 0. The maximum Gasteiger partial charge on any atom is 0.282 e. The highest BCUT2D eigenvalue weighted by atomic mass is 35.6. The van der Waals surface area contributed by atoms with E-state index in [0.717, 1.165) is 0 Å². The molecular weight excluding hydrogens is 135 g/mol. The van der Waals surface area contributed by atoms with E-state index in [9.17, 15) is 0 Å². The van der Waals surface area contributed by atoms with Gasteiger partial charge in [-0.25, -0.2) is 0 Å². The van der Waals surface area contributed by atoms with Crippen LogP contribution in [-0.4, -0.2) is 9.32 Å². The van der Waals surface area contributed by atoms with Crippen LogP contribution in [0.3, 0.4) is 0 Å². The molecule has 0 aliphatic rings. The van der Waals surface area contributed by atoms with Crippen molar-refractivity contribution in [3.63, 3.8) is 0 Å². The van der Waals surface area contributed by atoms with Crippen molar-refractivity contribution >= 4 is 11.9 Å². The molecule has 0 aliphatic carbocycles. The van der Waals surface area contributed by atoms with Crippen LogP contribution in [0, 0.1) is 10.8 Å². The molecule has 4 nitrogen and oxygen atoms in total. The highest BCUT2D eigenvalue weighted by Crippen LogP contribution is 1.38. The van der Waals surface area contributed by atoms with Crippen LogP contribution < -0.4 is 9.32 Å². The number of hydrogen-bond acceptors (Lipinski definition) is 4. The van der Waals surface area contributed by atoms with Gasteiger partial charge in [0, 0.05) is 4.66 Å². The summed E-state index contributed by atoms with van der Waals surface area (Å²) in [5.74, 6) is 0. The molecule has 0 saturated heterocycles. The molecule has 0 spiro atoms. The van der Waals surface area contributed by atoms with Crippen LogP contribution in [0.1, 0.15) is 0 Å². The second-order valence-corrected chi connectivity index (χ2v) is 0.603. The highest BCUT2D eigenvalue weighted by Gasteiger charge is 1.79. The van der Waals surface area contributed by atoms with Crippen molar-refractivity contribution in [2.45, 2.75) is 0 Å². The minimum Gasteiger partial charge on any atom is -0.321 e. The van der Waals surface area contributed by atoms with Crippen LogP contribution in [0.5, 0.6) is 0 Å². The Morgan fingerprint density at radius 2 is 1.33 bits per heavy atom. The van der Waals surface area contributed by atoms with E-state index in [1.807, 2.05) is 0 Å². The summed E-state index contributed by atoms with van der Waals surface area (Å²) in [7, 11) is -2.60. The SMILES string of the molecule is OCl.[O-][Cl+2]([O-])O. The van der Waals surface area contributed by atoms with Crippen LogP contribution in [0.15, 0.2) is 0 Å². The molecule has 0 saturated carbocycles. The Morgan fingerprint density at radius 3 is 1.33 bits per heavy atom. The van der Waals surface area contributed by atoms with Crippen LogP contribution in [0.25, 0.3) is 0 Å². The zero-order valence-electron chi connectivity index (χ0n) is 2.47. The Morgan fingerprint density at radius 1 is 1.33 bits per heavy atom. The molecule has 0 rings (SSSR count). The summed E-state index contributed by atoms with van der Waals surface area (Å²) in [5, 5.41) is 0. The predicted octanol–water partition coefficient (Wildman–Crippen LogP) is -2.80. The van der Waals surface area contributed by atoms with Gasteiger partial charge in [-0.15, -0.1) is 0 Å². The van der Waals surface area contributed by atoms with Gasteiger partial charge in [0.15, 0.2) is 0 Å². The molecule has 0 aliphatic heterocycles. The van der Waals surface area contributed by atoms with Gasteiger partial charge in [-0.1, -0.05) is 0 Å². The van der Waals surface area contributed by atoms with E-state index < -0.39 is 10.8 Å². The first-order valence-electron chi connectivity index (χ1n) is 0.647. The maximum absolute atomic E-state index is 8.52. The van der Waals surface area contributed by atoms with Gasteiger partial charge in [-0.05, 0) is 0 Å². The van der Waals surface area contributed by atoms with Gasteiger partial charge < -0.3 is 9.32 Å². The maximum atomic E-state index is 8.52. The molecule has 40 valence electrons. The Labute approximate surface area is 42.2 Å². The molecule has 6 heavy (non-hydrogen) atoms. The van der Waals surface area contributed by atoms with Gasteiger partial charge >= 0.3 is 0 Å². The molecule has 6 heteroatoms. The van der Waals surface area contributed by atoms with Crippen LogP contribution in [0.4, 0.5) is 0 Å². The van der Waals surface area contributed by atoms with Crippen molar-refractivity contribution in [2.75, 3.05) is 0 Å². The molecule has 2 N–H and O–H groups in total. The molecule has 0 aromatic carbocycles. The minimum absolute atomic E-state index is 2.60. The summed E-state index contributed by atoms with van der Waals surface area (Å²) in [6.45, 7) is 0. The Hall–Kier alpha value is 0.420. The van der Waals surface area contributed by atoms with Crippen molar-refractivity contribution < 1.29 is 29.4 Å². The van der Waals surface area contributed by atoms with Crippen molar-refractivity contribution in [2.24, 2.45) is 0 Å². The van der Waals surface area contributed by atoms with Gasteiger partial charge in [-0.3, -0.25) is 4.66 Å². The van der Waals surface area contributed by atoms with Crippen molar-refractivity contribution in [1.82, 2.24) is 0 Å². The van der Waals surface area contributed by atoms with E-state index in [-0.39, 0.29) is 0 Å². The zero-order valence-corrected chi connectivity index (χ0v) is 3.98. The summed E-state index contributed by atoms with van der Waals surface area (Å²) < 4.78 is 30.4. The molecule has 0 atom stereocenters.